The number of benzene rings is 5. The first-order chi connectivity index (χ1) is 29.0. The van der Waals surface area contributed by atoms with Crippen molar-refractivity contribution in [3.05, 3.63) is 162 Å². The summed E-state index contributed by atoms with van der Waals surface area (Å²) >= 11 is 0. The lowest BCUT2D eigenvalue weighted by Gasteiger charge is -2.11. The Bertz CT molecular complexity index is 2830. The number of carbonyl (C=O) groups excluding carboxylic acids is 2. The number of nitrogens with one attached hydrogen (secondary N) is 2. The van der Waals surface area contributed by atoms with Gasteiger partial charge < -0.3 is 25.5 Å². The molecule has 7 rings (SSSR count). The predicted molar refractivity (Wildman–Crippen MR) is 234 cm³/mol. The fourth-order valence-electron chi connectivity index (χ4n) is 6.31. The second-order valence-electron chi connectivity index (χ2n) is 14.2. The van der Waals surface area contributed by atoms with E-state index >= 15 is 0 Å². The summed E-state index contributed by atoms with van der Waals surface area (Å²) in [5, 5.41) is 7.96. The molecule has 0 atom stereocenters. The molecule has 5 aromatic carbocycles. The molecule has 0 spiro atoms. The summed E-state index contributed by atoms with van der Waals surface area (Å²) in [6.45, 7) is 9.79. The Hall–Kier alpha value is -6.52. The van der Waals surface area contributed by atoms with Crippen LogP contribution in [0.25, 0.3) is 21.8 Å². The SMILES string of the molecule is CCC[n+]1cccc2cc(NC(=O)c3ccc(C(=O)Nc4ccc5c(ccc[n+]5CCC)c4)c(N)c3)ccc21.Cc1ccc(S(=O)(=O)[O-])cc1.Cc1ccc(S(=O)(=O)[O-])cc1. The first-order valence-corrected chi connectivity index (χ1v) is 22.2. The van der Waals surface area contributed by atoms with Crippen molar-refractivity contribution in [1.29, 1.82) is 0 Å². The van der Waals surface area contributed by atoms with E-state index in [0.717, 1.165) is 58.9 Å². The standard InChI is InChI=1S/C32H31N5O2.2C7H8O3S/c1-3-15-36-17-5-7-22-19-25(10-13-29(22)36)34-31(38)24-9-12-27(28(33)21-24)32(39)35-26-11-14-30-23(20-26)8-6-18-37(30)16-4-2;2*1-6-2-4-7(5-3-6)11(8,9)10/h5-14,17-21H,3-4,15-16H2,1-2H3,(H2-2,33,34,35,38,39);2*2-5H,1H3,(H,8,9,10). The Kier molecular flexibility index (Phi) is 15.1. The van der Waals surface area contributed by atoms with Crippen molar-refractivity contribution in [2.45, 2.75) is 63.4 Å². The fourth-order valence-corrected chi connectivity index (χ4v) is 7.25. The van der Waals surface area contributed by atoms with Crippen molar-refractivity contribution in [2.75, 3.05) is 16.4 Å². The summed E-state index contributed by atoms with van der Waals surface area (Å²) in [7, 11) is -8.54. The summed E-state index contributed by atoms with van der Waals surface area (Å²) in [6, 6.07) is 36.1. The third kappa shape index (κ3) is 12.5. The van der Waals surface area contributed by atoms with Crippen molar-refractivity contribution in [2.24, 2.45) is 0 Å². The van der Waals surface area contributed by atoms with Crippen LogP contribution >= 0.6 is 0 Å². The van der Waals surface area contributed by atoms with Gasteiger partial charge in [-0.2, -0.15) is 9.13 Å². The third-order valence-corrected chi connectivity index (χ3v) is 11.1. The van der Waals surface area contributed by atoms with Gasteiger partial charge >= 0.3 is 0 Å². The first-order valence-electron chi connectivity index (χ1n) is 19.4. The minimum atomic E-state index is -4.27. The maximum absolute atomic E-state index is 13.0. The lowest BCUT2D eigenvalue weighted by molar-refractivity contribution is -0.671. The van der Waals surface area contributed by atoms with E-state index in [1.54, 1.807) is 36.4 Å². The minimum Gasteiger partial charge on any atom is -0.744 e. The maximum atomic E-state index is 13.0. The van der Waals surface area contributed by atoms with E-state index in [2.05, 4.69) is 46.0 Å². The fraction of sp³-hybridized carbons (Fsp3) is 0.174. The molecule has 2 amide bonds. The molecule has 15 heteroatoms. The van der Waals surface area contributed by atoms with E-state index in [0.29, 0.717) is 22.5 Å². The molecule has 0 saturated carbocycles. The van der Waals surface area contributed by atoms with E-state index in [-0.39, 0.29) is 27.3 Å². The van der Waals surface area contributed by atoms with Crippen LogP contribution in [0.1, 0.15) is 58.5 Å². The Morgan fingerprint density at radius 2 is 1.00 bits per heavy atom. The second-order valence-corrected chi connectivity index (χ2v) is 17.0. The smallest absolute Gasteiger partial charge is 0.257 e. The largest absolute Gasteiger partial charge is 0.744 e. The van der Waals surface area contributed by atoms with Crippen LogP contribution in [0.5, 0.6) is 0 Å². The van der Waals surface area contributed by atoms with E-state index in [1.807, 2.05) is 74.5 Å². The van der Waals surface area contributed by atoms with E-state index in [9.17, 15) is 35.5 Å². The van der Waals surface area contributed by atoms with Crippen LogP contribution in [0.2, 0.25) is 0 Å². The normalized spacial score (nSPS) is 11.2. The Balaban J connectivity index is 0.000000259. The number of fused-ring (bicyclic) bond motifs is 2. The molecule has 2 aromatic heterocycles. The molecule has 4 N–H and O–H groups in total. The zero-order valence-electron chi connectivity index (χ0n) is 34.2. The van der Waals surface area contributed by atoms with Crippen LogP contribution < -0.4 is 25.5 Å². The molecule has 2 heterocycles. The van der Waals surface area contributed by atoms with E-state index in [1.165, 1.54) is 30.3 Å². The summed E-state index contributed by atoms with van der Waals surface area (Å²) < 4.78 is 66.7. The molecule has 0 saturated heterocycles. The molecule has 0 aliphatic heterocycles. The van der Waals surface area contributed by atoms with Gasteiger partial charge in [0.25, 0.3) is 11.8 Å². The minimum absolute atomic E-state index is 0.178. The molecule has 0 fully saturated rings. The highest BCUT2D eigenvalue weighted by Gasteiger charge is 2.16. The number of aryl methyl sites for hydroxylation is 4. The van der Waals surface area contributed by atoms with E-state index in [4.69, 9.17) is 5.73 Å². The van der Waals surface area contributed by atoms with Crippen LogP contribution in [0.3, 0.4) is 0 Å². The number of anilines is 3. The van der Waals surface area contributed by atoms with Crippen molar-refractivity contribution >= 4 is 70.9 Å². The highest BCUT2D eigenvalue weighted by Crippen LogP contribution is 2.22. The van der Waals surface area contributed by atoms with Gasteiger partial charge in [0.1, 0.15) is 33.3 Å². The molecule has 0 unspecified atom stereocenters. The number of amides is 2. The molecule has 0 aliphatic carbocycles. The summed E-state index contributed by atoms with van der Waals surface area (Å²) in [6.07, 6.45) is 6.20. The number of pyridine rings is 2. The Morgan fingerprint density at radius 3 is 1.39 bits per heavy atom. The van der Waals surface area contributed by atoms with Crippen molar-refractivity contribution in [1.82, 2.24) is 0 Å². The topological polar surface area (TPSA) is 206 Å². The van der Waals surface area contributed by atoms with Gasteiger partial charge in [-0.15, -0.1) is 0 Å². The molecule has 316 valence electrons. The zero-order chi connectivity index (χ0) is 44.3. The van der Waals surface area contributed by atoms with Crippen LogP contribution in [-0.4, -0.2) is 37.8 Å². The monoisotopic (exact) mass is 861 g/mol. The van der Waals surface area contributed by atoms with Gasteiger partial charge in [0.2, 0.25) is 11.0 Å². The lowest BCUT2D eigenvalue weighted by atomic mass is 10.1. The highest BCUT2D eigenvalue weighted by molar-refractivity contribution is 7.86. The number of rotatable bonds is 10. The summed E-state index contributed by atoms with van der Waals surface area (Å²) in [4.78, 5) is 25.6. The predicted octanol–water partition coefficient (Wildman–Crippen LogP) is 7.27. The molecular weight excluding hydrogens is 815 g/mol. The number of nitrogen functional groups attached to an aromatic ring is 1. The third-order valence-electron chi connectivity index (χ3n) is 9.38. The number of nitrogens with zero attached hydrogens (tertiary/aromatic N) is 2. The molecule has 0 bridgehead atoms. The number of nitrogens with two attached hydrogens (primary N) is 1. The van der Waals surface area contributed by atoms with Gasteiger partial charge in [-0.1, -0.05) is 49.2 Å². The summed E-state index contributed by atoms with van der Waals surface area (Å²) in [5.74, 6) is -0.619. The number of carbonyl (C=O) groups is 2. The van der Waals surface area contributed by atoms with Gasteiger partial charge in [-0.05, 0) is 92.7 Å². The van der Waals surface area contributed by atoms with Crippen molar-refractivity contribution in [3.63, 3.8) is 0 Å². The maximum Gasteiger partial charge on any atom is 0.257 e. The van der Waals surface area contributed by atoms with E-state index < -0.39 is 20.2 Å². The average Bonchev–Trinajstić information content (AvgIpc) is 3.21. The van der Waals surface area contributed by atoms with Gasteiger partial charge in [-0.3, -0.25) is 9.59 Å². The zero-order valence-corrected chi connectivity index (χ0v) is 35.8. The van der Waals surface area contributed by atoms with Gasteiger partial charge in [0.05, 0.1) is 15.4 Å². The second kappa shape index (κ2) is 20.2. The van der Waals surface area contributed by atoms with Gasteiger partial charge in [-0.25, -0.2) is 16.8 Å². The van der Waals surface area contributed by atoms with Gasteiger partial charge in [0.15, 0.2) is 12.4 Å². The number of hydrogen-bond donors (Lipinski definition) is 3. The number of hydrogen-bond acceptors (Lipinski definition) is 9. The lowest BCUT2D eigenvalue weighted by Crippen LogP contribution is -2.33. The summed E-state index contributed by atoms with van der Waals surface area (Å²) in [5.41, 5.74) is 12.6. The quantitative estimate of drug-likeness (QED) is 0.0717. The first kappa shape index (κ1) is 45.6. The molecule has 7 aromatic rings. The molecule has 13 nitrogen and oxygen atoms in total. The Morgan fingerprint density at radius 1 is 0.574 bits per heavy atom. The van der Waals surface area contributed by atoms with Crippen LogP contribution in [0.15, 0.2) is 150 Å². The van der Waals surface area contributed by atoms with Crippen LogP contribution in [0, 0.1) is 13.8 Å². The van der Waals surface area contributed by atoms with Gasteiger partial charge in [0, 0.05) is 70.5 Å². The Labute approximate surface area is 356 Å². The van der Waals surface area contributed by atoms with Crippen molar-refractivity contribution in [3.8, 4) is 0 Å². The average molecular weight is 862 g/mol. The highest BCUT2D eigenvalue weighted by atomic mass is 32.2. The molecule has 0 aliphatic rings. The van der Waals surface area contributed by atoms with Crippen LogP contribution in [0.4, 0.5) is 17.1 Å². The van der Waals surface area contributed by atoms with Crippen molar-refractivity contribution < 1.29 is 44.7 Å². The van der Waals surface area contributed by atoms with Crippen LogP contribution in [-0.2, 0) is 33.3 Å². The molecular formula is C46H47N5O8S2. The number of aromatic nitrogens is 2. The molecule has 0 radical (unpaired) electrons. The molecule has 61 heavy (non-hydrogen) atoms.